The van der Waals surface area contributed by atoms with Crippen LogP contribution < -0.4 is 11.1 Å². The Kier molecular flexibility index (Phi) is 5.15. The van der Waals surface area contributed by atoms with E-state index in [2.05, 4.69) is 15.3 Å². The minimum absolute atomic E-state index is 0.293. The van der Waals surface area contributed by atoms with Crippen molar-refractivity contribution in [3.63, 3.8) is 0 Å². The number of rotatable bonds is 6. The van der Waals surface area contributed by atoms with Gasteiger partial charge in [-0.3, -0.25) is 4.79 Å². The lowest BCUT2D eigenvalue weighted by atomic mass is 10.3. The van der Waals surface area contributed by atoms with Gasteiger partial charge in [-0.2, -0.15) is 0 Å². The minimum atomic E-state index is -0.293. The quantitative estimate of drug-likeness (QED) is 0.599. The van der Waals surface area contributed by atoms with Crippen LogP contribution >= 0.6 is 11.6 Å². The first-order valence-electron chi connectivity index (χ1n) is 5.59. The molecule has 0 radical (unpaired) electrons. The van der Waals surface area contributed by atoms with Crippen LogP contribution in [0.15, 0.2) is 0 Å². The third-order valence-electron chi connectivity index (χ3n) is 2.34. The number of hydrogen-bond acceptors (Lipinski definition) is 4. The summed E-state index contributed by atoms with van der Waals surface area (Å²) in [7, 11) is 0. The lowest BCUT2D eigenvalue weighted by Gasteiger charge is -2.10. The van der Waals surface area contributed by atoms with Crippen molar-refractivity contribution in [3.05, 3.63) is 16.5 Å². The van der Waals surface area contributed by atoms with E-state index in [0.717, 1.165) is 17.8 Å². The number of carbonyl (C=O) groups is 1. The maximum atomic E-state index is 10.6. The summed E-state index contributed by atoms with van der Waals surface area (Å²) < 4.78 is 0. The summed E-state index contributed by atoms with van der Waals surface area (Å²) in [5, 5.41) is 3.61. The number of aromatic nitrogens is 2. The van der Waals surface area contributed by atoms with Gasteiger partial charge in [-0.05, 0) is 13.3 Å². The fraction of sp³-hybridized carbons (Fsp3) is 0.545. The largest absolute Gasteiger partial charge is 0.370 e. The molecule has 0 spiro atoms. The molecule has 5 nitrogen and oxygen atoms in total. The normalized spacial score (nSPS) is 10.3. The number of primary amides is 1. The molecule has 1 aromatic heterocycles. The molecule has 17 heavy (non-hydrogen) atoms. The van der Waals surface area contributed by atoms with Gasteiger partial charge in [-0.25, -0.2) is 9.97 Å². The maximum absolute atomic E-state index is 10.6. The van der Waals surface area contributed by atoms with Gasteiger partial charge in [0.1, 0.15) is 16.8 Å². The molecule has 1 aromatic rings. The molecule has 0 aliphatic carbocycles. The first-order chi connectivity index (χ1) is 8.04. The Bertz CT molecular complexity index is 409. The van der Waals surface area contributed by atoms with Crippen molar-refractivity contribution in [1.82, 2.24) is 9.97 Å². The van der Waals surface area contributed by atoms with Gasteiger partial charge in [0.25, 0.3) is 0 Å². The second-order valence-electron chi connectivity index (χ2n) is 3.75. The highest BCUT2D eigenvalue weighted by molar-refractivity contribution is 6.30. The van der Waals surface area contributed by atoms with Crippen molar-refractivity contribution in [2.75, 3.05) is 11.9 Å². The molecular weight excluding hydrogens is 240 g/mol. The molecule has 3 N–H and O–H groups in total. The number of carbonyl (C=O) groups excluding carboxylic acids is 1. The van der Waals surface area contributed by atoms with E-state index < -0.39 is 0 Å². The van der Waals surface area contributed by atoms with E-state index in [0.29, 0.717) is 30.4 Å². The SMILES string of the molecule is CCc1nc(Cl)c(C)c(NCCCC(N)=O)n1. The molecule has 0 unspecified atom stereocenters. The Labute approximate surface area is 106 Å². The van der Waals surface area contributed by atoms with Crippen molar-refractivity contribution in [1.29, 1.82) is 0 Å². The summed E-state index contributed by atoms with van der Waals surface area (Å²) >= 11 is 6.00. The lowest BCUT2D eigenvalue weighted by Crippen LogP contribution is -2.14. The third-order valence-corrected chi connectivity index (χ3v) is 2.71. The smallest absolute Gasteiger partial charge is 0.217 e. The Balaban J connectivity index is 2.63. The second-order valence-corrected chi connectivity index (χ2v) is 4.11. The molecule has 0 saturated heterocycles. The summed E-state index contributed by atoms with van der Waals surface area (Å²) in [4.78, 5) is 19.1. The number of aryl methyl sites for hydroxylation is 1. The zero-order chi connectivity index (χ0) is 12.8. The molecule has 0 atom stereocenters. The highest BCUT2D eigenvalue weighted by atomic mass is 35.5. The predicted octanol–water partition coefficient (Wildman–Crippen LogP) is 1.68. The summed E-state index contributed by atoms with van der Waals surface area (Å²) in [6, 6.07) is 0. The van der Waals surface area contributed by atoms with Crippen LogP contribution in [0.3, 0.4) is 0 Å². The number of nitrogens with one attached hydrogen (secondary N) is 1. The molecule has 0 saturated carbocycles. The summed E-state index contributed by atoms with van der Waals surface area (Å²) in [5.74, 6) is 1.14. The first kappa shape index (κ1) is 13.7. The number of nitrogens with two attached hydrogens (primary N) is 1. The van der Waals surface area contributed by atoms with E-state index in [4.69, 9.17) is 17.3 Å². The number of amides is 1. The second kappa shape index (κ2) is 6.39. The van der Waals surface area contributed by atoms with Crippen LogP contribution in [0.1, 0.15) is 31.2 Å². The predicted molar refractivity (Wildman–Crippen MR) is 68.1 cm³/mol. The summed E-state index contributed by atoms with van der Waals surface area (Å²) in [5.41, 5.74) is 5.88. The molecule has 1 rings (SSSR count). The molecule has 0 aromatic carbocycles. The number of nitrogens with zero attached hydrogens (tertiary/aromatic N) is 2. The monoisotopic (exact) mass is 256 g/mol. The Morgan fingerprint density at radius 2 is 2.18 bits per heavy atom. The number of halogens is 1. The van der Waals surface area contributed by atoms with Crippen molar-refractivity contribution in [3.8, 4) is 0 Å². The van der Waals surface area contributed by atoms with Crippen LogP contribution in [0.4, 0.5) is 5.82 Å². The van der Waals surface area contributed by atoms with Gasteiger partial charge in [0, 0.05) is 24.9 Å². The van der Waals surface area contributed by atoms with E-state index in [1.165, 1.54) is 0 Å². The van der Waals surface area contributed by atoms with Gasteiger partial charge >= 0.3 is 0 Å². The highest BCUT2D eigenvalue weighted by Gasteiger charge is 2.07. The molecule has 0 fully saturated rings. The Hall–Kier alpha value is -1.36. The zero-order valence-corrected chi connectivity index (χ0v) is 10.8. The van der Waals surface area contributed by atoms with Crippen LogP contribution in [0.2, 0.25) is 5.15 Å². The van der Waals surface area contributed by atoms with Crippen molar-refractivity contribution in [2.24, 2.45) is 5.73 Å². The van der Waals surface area contributed by atoms with E-state index in [9.17, 15) is 4.79 Å². The van der Waals surface area contributed by atoms with Crippen molar-refractivity contribution < 1.29 is 4.79 Å². The fourth-order valence-corrected chi connectivity index (χ4v) is 1.52. The molecule has 1 heterocycles. The number of anilines is 1. The van der Waals surface area contributed by atoms with Crippen LogP contribution in [-0.2, 0) is 11.2 Å². The molecular formula is C11H17ClN4O. The van der Waals surface area contributed by atoms with E-state index in [1.807, 2.05) is 13.8 Å². The minimum Gasteiger partial charge on any atom is -0.370 e. The third kappa shape index (κ3) is 4.19. The molecule has 1 amide bonds. The van der Waals surface area contributed by atoms with Crippen LogP contribution in [0.5, 0.6) is 0 Å². The molecule has 0 bridgehead atoms. The van der Waals surface area contributed by atoms with Crippen LogP contribution in [0.25, 0.3) is 0 Å². The van der Waals surface area contributed by atoms with Gasteiger partial charge in [-0.15, -0.1) is 0 Å². The number of hydrogen-bond donors (Lipinski definition) is 2. The van der Waals surface area contributed by atoms with E-state index >= 15 is 0 Å². The van der Waals surface area contributed by atoms with Gasteiger partial charge in [0.05, 0.1) is 0 Å². The van der Waals surface area contributed by atoms with Gasteiger partial charge in [0.15, 0.2) is 0 Å². The molecule has 0 aliphatic rings. The molecule has 6 heteroatoms. The summed E-state index contributed by atoms with van der Waals surface area (Å²) in [6.45, 7) is 4.47. The summed E-state index contributed by atoms with van der Waals surface area (Å²) in [6.07, 6.45) is 1.78. The first-order valence-corrected chi connectivity index (χ1v) is 5.97. The highest BCUT2D eigenvalue weighted by Crippen LogP contribution is 2.19. The Morgan fingerprint density at radius 3 is 2.76 bits per heavy atom. The average Bonchev–Trinajstić information content (AvgIpc) is 2.29. The van der Waals surface area contributed by atoms with Crippen molar-refractivity contribution >= 4 is 23.3 Å². The van der Waals surface area contributed by atoms with Gasteiger partial charge < -0.3 is 11.1 Å². The van der Waals surface area contributed by atoms with Crippen LogP contribution in [-0.4, -0.2) is 22.4 Å². The molecule has 94 valence electrons. The van der Waals surface area contributed by atoms with E-state index in [1.54, 1.807) is 0 Å². The van der Waals surface area contributed by atoms with Gasteiger partial charge in [0.2, 0.25) is 5.91 Å². The lowest BCUT2D eigenvalue weighted by molar-refractivity contribution is -0.118. The maximum Gasteiger partial charge on any atom is 0.217 e. The molecule has 0 aliphatic heterocycles. The van der Waals surface area contributed by atoms with Gasteiger partial charge in [-0.1, -0.05) is 18.5 Å². The van der Waals surface area contributed by atoms with Crippen molar-refractivity contribution in [2.45, 2.75) is 33.1 Å². The fourth-order valence-electron chi connectivity index (χ4n) is 1.33. The zero-order valence-electron chi connectivity index (χ0n) is 10.1. The topological polar surface area (TPSA) is 80.9 Å². The standard InChI is InChI=1S/C11H17ClN4O/c1-3-9-15-10(12)7(2)11(16-9)14-6-4-5-8(13)17/h3-6H2,1-2H3,(H2,13,17)(H,14,15,16). The van der Waals surface area contributed by atoms with E-state index in [-0.39, 0.29) is 5.91 Å². The Morgan fingerprint density at radius 1 is 1.47 bits per heavy atom. The average molecular weight is 257 g/mol. The van der Waals surface area contributed by atoms with Crippen LogP contribution in [0, 0.1) is 6.92 Å².